The first-order valence-corrected chi connectivity index (χ1v) is 27.3. The van der Waals surface area contributed by atoms with Crippen LogP contribution in [0.5, 0.6) is 0 Å². The highest BCUT2D eigenvalue weighted by Crippen LogP contribution is 2.32. The van der Waals surface area contributed by atoms with Crippen LogP contribution in [0.4, 0.5) is 0 Å². The number of unbranched alkanes of at least 4 members (excludes halogenated alkanes) is 41. The summed E-state index contributed by atoms with van der Waals surface area (Å²) in [6.07, 6.45) is 72.9. The number of pyridine rings is 1. The van der Waals surface area contributed by atoms with Crippen LogP contribution in [-0.4, -0.2) is 0 Å². The van der Waals surface area contributed by atoms with Gasteiger partial charge in [0.2, 0.25) is 0 Å². The van der Waals surface area contributed by atoms with Crippen LogP contribution in [0.2, 0.25) is 0 Å². The van der Waals surface area contributed by atoms with Gasteiger partial charge in [0.25, 0.3) is 0 Å². The first kappa shape index (κ1) is 54.2. The maximum Gasteiger partial charge on any atom is 0.169 e. The lowest BCUT2D eigenvalue weighted by molar-refractivity contribution is -0.768. The lowest BCUT2D eigenvalue weighted by Gasteiger charge is -2.29. The Kier molecular flexibility index (Phi) is 42.5. The van der Waals surface area contributed by atoms with Gasteiger partial charge in [-0.05, 0) is 19.3 Å². The number of hydrogen-bond donors (Lipinski definition) is 0. The molecule has 0 N–H and O–H groups in total. The van der Waals surface area contributed by atoms with Crippen LogP contribution in [0.25, 0.3) is 0 Å². The second kappa shape index (κ2) is 44.7. The molecule has 57 heavy (non-hydrogen) atoms. The van der Waals surface area contributed by atoms with Crippen LogP contribution < -0.4 is 4.57 Å². The zero-order valence-corrected chi connectivity index (χ0v) is 40.1. The van der Waals surface area contributed by atoms with Crippen molar-refractivity contribution in [3.8, 4) is 0 Å². The van der Waals surface area contributed by atoms with Crippen molar-refractivity contribution in [2.75, 3.05) is 0 Å². The van der Waals surface area contributed by atoms with Gasteiger partial charge >= 0.3 is 0 Å². The zero-order chi connectivity index (χ0) is 40.8. The molecule has 0 spiro atoms. The molecule has 1 rings (SSSR count). The van der Waals surface area contributed by atoms with E-state index in [1.54, 1.807) is 0 Å². The molecule has 0 aromatic carbocycles. The Labute approximate surface area is 361 Å². The Bertz CT molecular complexity index is 829. The second-order valence-corrected chi connectivity index (χ2v) is 19.3. The average molecular weight is 795 g/mol. The smallest absolute Gasteiger partial charge is 0.169 e. The summed E-state index contributed by atoms with van der Waals surface area (Å²) in [5.74, 6) is 0. The van der Waals surface area contributed by atoms with Gasteiger partial charge in [0.15, 0.2) is 17.9 Å². The molecule has 1 aromatic heterocycles. The van der Waals surface area contributed by atoms with Crippen molar-refractivity contribution in [3.05, 3.63) is 30.6 Å². The molecule has 0 bridgehead atoms. The van der Waals surface area contributed by atoms with Crippen molar-refractivity contribution >= 4 is 0 Å². The molecule has 1 nitrogen and oxygen atoms in total. The number of rotatable bonds is 48. The molecule has 1 aromatic rings. The molecule has 1 heteroatoms. The van der Waals surface area contributed by atoms with Gasteiger partial charge in [-0.1, -0.05) is 290 Å². The SMILES string of the molecule is CCCCCCCCCCCCCCCCCCC(CCCCCCCCCCCCCCCC)(CCCCCCCCCCCCCCCC)[n+]1ccccc1. The van der Waals surface area contributed by atoms with E-state index < -0.39 is 0 Å². The van der Waals surface area contributed by atoms with Crippen molar-refractivity contribution in [1.29, 1.82) is 0 Å². The molecule has 0 radical (unpaired) electrons. The minimum absolute atomic E-state index is 0.325. The molecule has 0 aliphatic rings. The third-order valence-corrected chi connectivity index (χ3v) is 13.8. The summed E-state index contributed by atoms with van der Waals surface area (Å²) in [4.78, 5) is 0. The predicted molar refractivity (Wildman–Crippen MR) is 259 cm³/mol. The molecule has 0 saturated carbocycles. The summed E-state index contributed by atoms with van der Waals surface area (Å²) in [6, 6.07) is 6.84. The normalized spacial score (nSPS) is 11.9. The van der Waals surface area contributed by atoms with E-state index in [2.05, 4.69) is 55.9 Å². The van der Waals surface area contributed by atoms with Crippen LogP contribution in [0.15, 0.2) is 30.6 Å². The van der Waals surface area contributed by atoms with Crippen LogP contribution in [-0.2, 0) is 5.54 Å². The van der Waals surface area contributed by atoms with Gasteiger partial charge in [-0.3, -0.25) is 0 Å². The molecule has 0 saturated heterocycles. The van der Waals surface area contributed by atoms with Crippen molar-refractivity contribution in [1.82, 2.24) is 0 Å². The Hall–Kier alpha value is -0.850. The van der Waals surface area contributed by atoms with Gasteiger partial charge in [0.05, 0.1) is 0 Å². The van der Waals surface area contributed by atoms with E-state index in [-0.39, 0.29) is 0 Å². The molecular formula is C56H108N+. The quantitative estimate of drug-likeness (QED) is 0.0457. The average Bonchev–Trinajstić information content (AvgIpc) is 3.23. The summed E-state index contributed by atoms with van der Waals surface area (Å²) < 4.78 is 2.70. The lowest BCUT2D eigenvalue weighted by atomic mass is 9.81. The molecule has 0 aliphatic heterocycles. The maximum atomic E-state index is 2.70. The Morgan fingerprint density at radius 3 is 0.596 bits per heavy atom. The summed E-state index contributed by atoms with van der Waals surface area (Å²) in [5.41, 5.74) is 0.325. The van der Waals surface area contributed by atoms with Gasteiger partial charge in [0.1, 0.15) is 0 Å². The number of hydrogen-bond acceptors (Lipinski definition) is 0. The fourth-order valence-electron chi connectivity index (χ4n) is 9.78. The summed E-state index contributed by atoms with van der Waals surface area (Å²) in [6.45, 7) is 6.96. The molecule has 0 fully saturated rings. The minimum Gasteiger partial charge on any atom is -0.200 e. The fraction of sp³-hybridized carbons (Fsp3) is 0.911. The van der Waals surface area contributed by atoms with Gasteiger partial charge in [-0.2, -0.15) is 4.57 Å². The highest BCUT2D eigenvalue weighted by Gasteiger charge is 2.37. The summed E-state index contributed by atoms with van der Waals surface area (Å²) in [5, 5.41) is 0. The molecule has 1 heterocycles. The van der Waals surface area contributed by atoms with E-state index in [0.29, 0.717) is 5.54 Å². The molecule has 0 aliphatic carbocycles. The summed E-state index contributed by atoms with van der Waals surface area (Å²) >= 11 is 0. The number of aromatic nitrogens is 1. The Morgan fingerprint density at radius 2 is 0.404 bits per heavy atom. The van der Waals surface area contributed by atoms with E-state index >= 15 is 0 Å². The highest BCUT2D eigenvalue weighted by atomic mass is 15.0. The lowest BCUT2D eigenvalue weighted by Crippen LogP contribution is -2.55. The zero-order valence-electron chi connectivity index (χ0n) is 40.1. The van der Waals surface area contributed by atoms with E-state index in [9.17, 15) is 0 Å². The molecule has 336 valence electrons. The van der Waals surface area contributed by atoms with E-state index in [4.69, 9.17) is 0 Å². The third-order valence-electron chi connectivity index (χ3n) is 13.8. The maximum absolute atomic E-state index is 2.70. The van der Waals surface area contributed by atoms with Gasteiger partial charge in [-0.15, -0.1) is 0 Å². The Morgan fingerprint density at radius 1 is 0.228 bits per heavy atom. The van der Waals surface area contributed by atoms with Crippen LogP contribution >= 0.6 is 0 Å². The highest BCUT2D eigenvalue weighted by molar-refractivity contribution is 4.86. The monoisotopic (exact) mass is 795 g/mol. The van der Waals surface area contributed by atoms with E-state index in [1.807, 2.05) is 0 Å². The molecule has 0 amide bonds. The third kappa shape index (κ3) is 35.6. The Balaban J connectivity index is 2.44. The predicted octanol–water partition coefficient (Wildman–Crippen LogP) is 20.1. The second-order valence-electron chi connectivity index (χ2n) is 19.3. The van der Waals surface area contributed by atoms with Gasteiger partial charge in [0, 0.05) is 31.4 Å². The largest absolute Gasteiger partial charge is 0.200 e. The van der Waals surface area contributed by atoms with Crippen molar-refractivity contribution in [3.63, 3.8) is 0 Å². The first-order chi connectivity index (χ1) is 28.3. The van der Waals surface area contributed by atoms with Gasteiger partial charge < -0.3 is 0 Å². The van der Waals surface area contributed by atoms with Crippen LogP contribution in [0, 0.1) is 0 Å². The van der Waals surface area contributed by atoms with Gasteiger partial charge in [-0.25, -0.2) is 0 Å². The van der Waals surface area contributed by atoms with Crippen molar-refractivity contribution in [2.45, 2.75) is 328 Å². The minimum atomic E-state index is 0.325. The molecular weight excluding hydrogens is 687 g/mol. The summed E-state index contributed by atoms with van der Waals surface area (Å²) in [7, 11) is 0. The standard InChI is InChI=1S/C56H108N/c1-4-7-10-13-16-19-22-25-28-29-32-35-38-41-44-48-53-56(57-54-49-45-50-55-57,51-46-42-39-36-33-30-26-23-20-17-14-11-8-5-2)52-47-43-40-37-34-31-27-24-21-18-15-12-9-6-3/h45,49-50,54-55H,4-44,46-48,51-53H2,1-3H3/q+1. The topological polar surface area (TPSA) is 3.88 Å². The number of nitrogens with zero attached hydrogens (tertiary/aromatic N) is 1. The fourth-order valence-corrected chi connectivity index (χ4v) is 9.78. The molecule has 0 unspecified atom stereocenters. The van der Waals surface area contributed by atoms with E-state index in [1.165, 1.54) is 302 Å². The van der Waals surface area contributed by atoms with E-state index in [0.717, 1.165) is 0 Å². The van der Waals surface area contributed by atoms with Crippen LogP contribution in [0.3, 0.4) is 0 Å². The van der Waals surface area contributed by atoms with Crippen LogP contribution in [0.1, 0.15) is 323 Å². The first-order valence-electron chi connectivity index (χ1n) is 27.3. The van der Waals surface area contributed by atoms with Crippen molar-refractivity contribution < 1.29 is 4.57 Å². The van der Waals surface area contributed by atoms with Crippen molar-refractivity contribution in [2.24, 2.45) is 0 Å². The molecule has 0 atom stereocenters.